The quantitative estimate of drug-likeness (QED) is 0.455. The van der Waals surface area contributed by atoms with Crippen LogP contribution in [0, 0.1) is 11.8 Å². The van der Waals surface area contributed by atoms with Crippen molar-refractivity contribution in [3.63, 3.8) is 0 Å². The van der Waals surface area contributed by atoms with Crippen LogP contribution in [0.5, 0.6) is 0 Å². The lowest BCUT2D eigenvalue weighted by molar-refractivity contribution is -0.151. The van der Waals surface area contributed by atoms with Gasteiger partial charge >= 0.3 is 11.9 Å². The molecule has 1 aliphatic carbocycles. The summed E-state index contributed by atoms with van der Waals surface area (Å²) in [7, 11) is 0. The molecule has 1 fully saturated rings. The summed E-state index contributed by atoms with van der Waals surface area (Å²) in [5.41, 5.74) is 0. The minimum atomic E-state index is -0.234. The van der Waals surface area contributed by atoms with Crippen LogP contribution in [-0.2, 0) is 19.1 Å². The molecule has 0 spiro atoms. The number of esters is 2. The molecule has 0 bridgehead atoms. The molecular formula is C18H28O4. The Kier molecular flexibility index (Phi) is 9.28. The maximum Gasteiger partial charge on any atom is 0.309 e. The van der Waals surface area contributed by atoms with Crippen LogP contribution in [0.1, 0.15) is 51.4 Å². The molecular weight excluding hydrogens is 280 g/mol. The van der Waals surface area contributed by atoms with E-state index in [0.29, 0.717) is 25.2 Å². The highest BCUT2D eigenvalue weighted by Crippen LogP contribution is 2.33. The number of ether oxygens (including phenoxy) is 2. The Hall–Kier alpha value is -1.58. The molecule has 1 saturated carbocycles. The van der Waals surface area contributed by atoms with Crippen LogP contribution in [-0.4, -0.2) is 25.2 Å². The molecule has 0 aromatic carbocycles. The number of rotatable bonds is 10. The molecule has 0 amide bonds. The van der Waals surface area contributed by atoms with Crippen LogP contribution in [0.2, 0.25) is 0 Å². The van der Waals surface area contributed by atoms with Crippen LogP contribution in [0.4, 0.5) is 0 Å². The van der Waals surface area contributed by atoms with E-state index in [1.807, 2.05) is 0 Å². The second-order valence-corrected chi connectivity index (χ2v) is 5.79. The van der Waals surface area contributed by atoms with E-state index in [0.717, 1.165) is 12.8 Å². The average molecular weight is 308 g/mol. The zero-order valence-corrected chi connectivity index (χ0v) is 13.4. The molecule has 1 aliphatic rings. The molecule has 0 saturated heterocycles. The van der Waals surface area contributed by atoms with Gasteiger partial charge in [-0.05, 0) is 31.6 Å². The Morgan fingerprint density at radius 3 is 2.32 bits per heavy atom. The third kappa shape index (κ3) is 6.92. The van der Waals surface area contributed by atoms with E-state index in [2.05, 4.69) is 13.2 Å². The van der Waals surface area contributed by atoms with Crippen LogP contribution in [0.25, 0.3) is 0 Å². The van der Waals surface area contributed by atoms with Crippen molar-refractivity contribution < 1.29 is 19.1 Å². The Labute approximate surface area is 133 Å². The summed E-state index contributed by atoms with van der Waals surface area (Å²) in [6.45, 7) is 7.58. The Bertz CT molecular complexity index is 369. The number of hydrogen-bond donors (Lipinski definition) is 0. The third-order valence-electron chi connectivity index (χ3n) is 4.12. The first kappa shape index (κ1) is 18.5. The van der Waals surface area contributed by atoms with Crippen molar-refractivity contribution in [2.24, 2.45) is 11.8 Å². The molecule has 0 radical (unpaired) electrons. The van der Waals surface area contributed by atoms with Crippen molar-refractivity contribution in [3.05, 3.63) is 25.3 Å². The molecule has 22 heavy (non-hydrogen) atoms. The van der Waals surface area contributed by atoms with Gasteiger partial charge in [0.05, 0.1) is 5.92 Å². The zero-order chi connectivity index (χ0) is 16.2. The molecule has 0 heterocycles. The summed E-state index contributed by atoms with van der Waals surface area (Å²) < 4.78 is 10.2. The Morgan fingerprint density at radius 2 is 1.68 bits per heavy atom. The first-order valence-electron chi connectivity index (χ1n) is 8.23. The van der Waals surface area contributed by atoms with Crippen LogP contribution in [0.3, 0.4) is 0 Å². The number of carbonyl (C=O) groups is 2. The highest BCUT2D eigenvalue weighted by molar-refractivity contribution is 5.73. The molecule has 4 nitrogen and oxygen atoms in total. The fourth-order valence-electron chi connectivity index (χ4n) is 3.02. The van der Waals surface area contributed by atoms with E-state index in [9.17, 15) is 9.59 Å². The summed E-state index contributed by atoms with van der Waals surface area (Å²) >= 11 is 0. The van der Waals surface area contributed by atoms with E-state index in [4.69, 9.17) is 9.47 Å². The highest BCUT2D eigenvalue weighted by atomic mass is 16.5. The molecule has 1 rings (SSSR count). The summed E-state index contributed by atoms with van der Waals surface area (Å²) in [5.74, 6) is -0.101. The van der Waals surface area contributed by atoms with Crippen molar-refractivity contribution in [3.8, 4) is 0 Å². The Balaban J connectivity index is 2.46. The predicted octanol–water partition coefficient (Wildman–Crippen LogP) is 3.81. The summed E-state index contributed by atoms with van der Waals surface area (Å²) in [4.78, 5) is 23.8. The van der Waals surface area contributed by atoms with Crippen molar-refractivity contribution in [2.75, 3.05) is 13.2 Å². The van der Waals surface area contributed by atoms with Crippen LogP contribution in [0.15, 0.2) is 25.3 Å². The van der Waals surface area contributed by atoms with Gasteiger partial charge in [0.2, 0.25) is 0 Å². The normalized spacial score (nSPS) is 16.5. The van der Waals surface area contributed by atoms with E-state index < -0.39 is 0 Å². The fourth-order valence-corrected chi connectivity index (χ4v) is 3.02. The second-order valence-electron chi connectivity index (χ2n) is 5.79. The van der Waals surface area contributed by atoms with Gasteiger partial charge < -0.3 is 9.47 Å². The van der Waals surface area contributed by atoms with Gasteiger partial charge in [-0.2, -0.15) is 0 Å². The summed E-state index contributed by atoms with van der Waals surface area (Å²) in [6, 6.07) is 0. The average Bonchev–Trinajstić information content (AvgIpc) is 2.55. The first-order valence-corrected chi connectivity index (χ1v) is 8.23. The lowest BCUT2D eigenvalue weighted by atomic mass is 9.78. The van der Waals surface area contributed by atoms with Gasteiger partial charge in [-0.3, -0.25) is 9.59 Å². The molecule has 0 aliphatic heterocycles. The standard InChI is InChI=1S/C18H28O4/c1-3-13-21-17(19)12-8-11-16(18(20)22-14-4-2)15-9-6-5-7-10-15/h3-4,15-16H,1-2,5-14H2. The van der Waals surface area contributed by atoms with Gasteiger partial charge in [-0.25, -0.2) is 0 Å². The van der Waals surface area contributed by atoms with Gasteiger partial charge in [-0.1, -0.05) is 44.6 Å². The van der Waals surface area contributed by atoms with Gasteiger partial charge in [0.15, 0.2) is 0 Å². The monoisotopic (exact) mass is 308 g/mol. The van der Waals surface area contributed by atoms with E-state index in [1.165, 1.54) is 19.3 Å². The lowest BCUT2D eigenvalue weighted by Gasteiger charge is -2.28. The van der Waals surface area contributed by atoms with Crippen LogP contribution < -0.4 is 0 Å². The van der Waals surface area contributed by atoms with Gasteiger partial charge in [0.25, 0.3) is 0 Å². The second kappa shape index (κ2) is 11.0. The number of hydrogen-bond acceptors (Lipinski definition) is 4. The fraction of sp³-hybridized carbons (Fsp3) is 0.667. The van der Waals surface area contributed by atoms with Gasteiger partial charge in [0, 0.05) is 6.42 Å². The van der Waals surface area contributed by atoms with Crippen molar-refractivity contribution in [1.82, 2.24) is 0 Å². The van der Waals surface area contributed by atoms with Crippen molar-refractivity contribution in [1.29, 1.82) is 0 Å². The maximum absolute atomic E-state index is 12.2. The van der Waals surface area contributed by atoms with Crippen LogP contribution >= 0.6 is 0 Å². The lowest BCUT2D eigenvalue weighted by Crippen LogP contribution is -2.28. The molecule has 0 aromatic rings. The molecule has 1 atom stereocenters. The molecule has 0 N–H and O–H groups in total. The molecule has 0 aromatic heterocycles. The molecule has 4 heteroatoms. The Morgan fingerprint density at radius 1 is 1.05 bits per heavy atom. The minimum absolute atomic E-state index is 0.104. The highest BCUT2D eigenvalue weighted by Gasteiger charge is 2.30. The smallest absolute Gasteiger partial charge is 0.309 e. The van der Waals surface area contributed by atoms with Gasteiger partial charge in [0.1, 0.15) is 13.2 Å². The van der Waals surface area contributed by atoms with E-state index in [-0.39, 0.29) is 31.1 Å². The van der Waals surface area contributed by atoms with Crippen molar-refractivity contribution >= 4 is 11.9 Å². The molecule has 124 valence electrons. The topological polar surface area (TPSA) is 52.6 Å². The van der Waals surface area contributed by atoms with E-state index >= 15 is 0 Å². The first-order chi connectivity index (χ1) is 10.7. The van der Waals surface area contributed by atoms with Crippen molar-refractivity contribution in [2.45, 2.75) is 51.4 Å². The van der Waals surface area contributed by atoms with E-state index in [1.54, 1.807) is 12.2 Å². The van der Waals surface area contributed by atoms with Gasteiger partial charge in [-0.15, -0.1) is 0 Å². The summed E-state index contributed by atoms with van der Waals surface area (Å²) in [6.07, 6.45) is 10.6. The number of carbonyl (C=O) groups excluding carboxylic acids is 2. The minimum Gasteiger partial charge on any atom is -0.461 e. The predicted molar refractivity (Wildman–Crippen MR) is 86.2 cm³/mol. The third-order valence-corrected chi connectivity index (χ3v) is 4.12. The maximum atomic E-state index is 12.2. The zero-order valence-electron chi connectivity index (χ0n) is 13.4. The largest absolute Gasteiger partial charge is 0.461 e. The SMILES string of the molecule is C=CCOC(=O)CCCC(C(=O)OCC=C)C1CCCCC1. The summed E-state index contributed by atoms with van der Waals surface area (Å²) in [5, 5.41) is 0. The molecule has 1 unspecified atom stereocenters.